The van der Waals surface area contributed by atoms with Crippen LogP contribution in [0, 0.1) is 6.92 Å². The summed E-state index contributed by atoms with van der Waals surface area (Å²) < 4.78 is 5.59. The highest BCUT2D eigenvalue weighted by molar-refractivity contribution is 5.76. The van der Waals surface area contributed by atoms with Crippen LogP contribution in [-0.2, 0) is 9.53 Å². The molecule has 0 aromatic heterocycles. The molecule has 3 rings (SSSR count). The summed E-state index contributed by atoms with van der Waals surface area (Å²) >= 11 is 0. The number of carbonyl (C=O) groups excluding carboxylic acids is 1. The molecule has 2 atom stereocenters. The van der Waals surface area contributed by atoms with Gasteiger partial charge in [0.1, 0.15) is 0 Å². The van der Waals surface area contributed by atoms with E-state index in [1.165, 1.54) is 11.3 Å². The normalized spacial score (nSPS) is 22.0. The highest BCUT2D eigenvalue weighted by Gasteiger charge is 2.19. The molecule has 1 aromatic rings. The lowest BCUT2D eigenvalue weighted by Gasteiger charge is -2.36. The second kappa shape index (κ2) is 10.1. The molecule has 0 radical (unpaired) electrons. The Labute approximate surface area is 164 Å². The van der Waals surface area contributed by atoms with Crippen LogP contribution in [0.4, 0.5) is 5.69 Å². The Kier molecular flexibility index (Phi) is 7.53. The fourth-order valence-corrected chi connectivity index (χ4v) is 4.01. The van der Waals surface area contributed by atoms with Crippen molar-refractivity contribution in [3.05, 3.63) is 29.8 Å². The summed E-state index contributed by atoms with van der Waals surface area (Å²) in [6.07, 6.45) is 5.01. The SMILES string of the molecule is Cc1cccc(N2CCN(CCC(C)NC(=O)CCC3CCCO3)CC2)c1. The van der Waals surface area contributed by atoms with Crippen LogP contribution in [0.3, 0.4) is 0 Å². The van der Waals surface area contributed by atoms with Gasteiger partial charge in [0, 0.05) is 57.5 Å². The van der Waals surface area contributed by atoms with Crippen LogP contribution in [0.25, 0.3) is 0 Å². The van der Waals surface area contributed by atoms with E-state index in [4.69, 9.17) is 4.74 Å². The van der Waals surface area contributed by atoms with E-state index in [-0.39, 0.29) is 11.9 Å². The largest absolute Gasteiger partial charge is 0.378 e. The van der Waals surface area contributed by atoms with Crippen LogP contribution in [0.5, 0.6) is 0 Å². The summed E-state index contributed by atoms with van der Waals surface area (Å²) in [5.74, 6) is 0.169. The zero-order valence-electron chi connectivity index (χ0n) is 17.0. The van der Waals surface area contributed by atoms with E-state index in [1.54, 1.807) is 0 Å². The number of nitrogens with one attached hydrogen (secondary N) is 1. The number of nitrogens with zero attached hydrogens (tertiary/aromatic N) is 2. The summed E-state index contributed by atoms with van der Waals surface area (Å²) in [4.78, 5) is 17.1. The molecule has 1 aromatic carbocycles. The van der Waals surface area contributed by atoms with Gasteiger partial charge in [-0.2, -0.15) is 0 Å². The van der Waals surface area contributed by atoms with Crippen LogP contribution >= 0.6 is 0 Å². The molecule has 5 nitrogen and oxygen atoms in total. The lowest BCUT2D eigenvalue weighted by Crippen LogP contribution is -2.47. The Hall–Kier alpha value is -1.59. The molecule has 2 unspecified atom stereocenters. The number of rotatable bonds is 8. The molecule has 0 bridgehead atoms. The Morgan fingerprint density at radius 1 is 1.30 bits per heavy atom. The summed E-state index contributed by atoms with van der Waals surface area (Å²) in [5.41, 5.74) is 2.65. The highest BCUT2D eigenvalue weighted by atomic mass is 16.5. The van der Waals surface area contributed by atoms with Gasteiger partial charge in [-0.15, -0.1) is 0 Å². The summed E-state index contributed by atoms with van der Waals surface area (Å²) in [6.45, 7) is 10.5. The van der Waals surface area contributed by atoms with Gasteiger partial charge in [-0.1, -0.05) is 12.1 Å². The van der Waals surface area contributed by atoms with Crippen LogP contribution in [0.2, 0.25) is 0 Å². The molecule has 2 aliphatic rings. The zero-order valence-corrected chi connectivity index (χ0v) is 17.0. The van der Waals surface area contributed by atoms with Crippen molar-refractivity contribution >= 4 is 11.6 Å². The summed E-state index contributed by atoms with van der Waals surface area (Å²) in [5, 5.41) is 3.15. The van der Waals surface area contributed by atoms with Crippen molar-refractivity contribution in [2.24, 2.45) is 0 Å². The molecular formula is C22H35N3O2. The first-order valence-electron chi connectivity index (χ1n) is 10.5. The maximum absolute atomic E-state index is 12.1. The van der Waals surface area contributed by atoms with E-state index in [1.807, 2.05) is 0 Å². The van der Waals surface area contributed by atoms with Crippen molar-refractivity contribution in [1.29, 1.82) is 0 Å². The third kappa shape index (κ3) is 6.51. The maximum Gasteiger partial charge on any atom is 0.220 e. The van der Waals surface area contributed by atoms with Gasteiger partial charge >= 0.3 is 0 Å². The number of benzene rings is 1. The van der Waals surface area contributed by atoms with Gasteiger partial charge < -0.3 is 15.0 Å². The van der Waals surface area contributed by atoms with Crippen molar-refractivity contribution in [2.45, 2.75) is 58.1 Å². The van der Waals surface area contributed by atoms with E-state index in [0.717, 1.165) is 65.0 Å². The van der Waals surface area contributed by atoms with Crippen molar-refractivity contribution in [3.63, 3.8) is 0 Å². The molecule has 27 heavy (non-hydrogen) atoms. The number of hydrogen-bond acceptors (Lipinski definition) is 4. The topological polar surface area (TPSA) is 44.8 Å². The van der Waals surface area contributed by atoms with Gasteiger partial charge in [0.05, 0.1) is 6.10 Å². The third-order valence-electron chi connectivity index (χ3n) is 5.74. The second-order valence-corrected chi connectivity index (χ2v) is 8.10. The van der Waals surface area contributed by atoms with Gasteiger partial charge in [-0.05, 0) is 57.2 Å². The minimum absolute atomic E-state index is 0.169. The van der Waals surface area contributed by atoms with E-state index in [2.05, 4.69) is 53.2 Å². The Bertz CT molecular complexity index is 593. The molecule has 1 N–H and O–H groups in total. The molecule has 150 valence electrons. The number of hydrogen-bond donors (Lipinski definition) is 1. The fraction of sp³-hybridized carbons (Fsp3) is 0.682. The molecule has 5 heteroatoms. The van der Waals surface area contributed by atoms with Gasteiger partial charge in [0.15, 0.2) is 0 Å². The average molecular weight is 374 g/mol. The monoisotopic (exact) mass is 373 g/mol. The third-order valence-corrected chi connectivity index (χ3v) is 5.74. The lowest BCUT2D eigenvalue weighted by atomic mass is 10.1. The van der Waals surface area contributed by atoms with Crippen LogP contribution in [-0.4, -0.2) is 62.3 Å². The predicted molar refractivity (Wildman–Crippen MR) is 110 cm³/mol. The molecule has 2 heterocycles. The second-order valence-electron chi connectivity index (χ2n) is 8.10. The van der Waals surface area contributed by atoms with Crippen molar-refractivity contribution in [3.8, 4) is 0 Å². The maximum atomic E-state index is 12.1. The molecule has 1 amide bonds. The van der Waals surface area contributed by atoms with Crippen LogP contribution in [0.1, 0.15) is 44.6 Å². The first kappa shape index (κ1) is 20.2. The smallest absolute Gasteiger partial charge is 0.220 e. The molecule has 2 saturated heterocycles. The lowest BCUT2D eigenvalue weighted by molar-refractivity contribution is -0.122. The van der Waals surface area contributed by atoms with Crippen LogP contribution in [0.15, 0.2) is 24.3 Å². The Morgan fingerprint density at radius 3 is 2.81 bits per heavy atom. The molecular weight excluding hydrogens is 338 g/mol. The number of anilines is 1. The zero-order chi connectivity index (χ0) is 19.1. The standard InChI is InChI=1S/C22H35N3O2/c1-18-5-3-6-20(17-18)25-14-12-24(13-15-25)11-10-19(2)23-22(26)9-8-21-7-4-16-27-21/h3,5-6,17,19,21H,4,7-16H2,1-2H3,(H,23,26). The first-order chi connectivity index (χ1) is 13.1. The number of aryl methyl sites for hydroxylation is 1. The minimum Gasteiger partial charge on any atom is -0.378 e. The average Bonchev–Trinajstić information content (AvgIpc) is 3.19. The number of ether oxygens (including phenoxy) is 1. The molecule has 0 saturated carbocycles. The predicted octanol–water partition coefficient (Wildman–Crippen LogP) is 2.97. The van der Waals surface area contributed by atoms with E-state index in [0.29, 0.717) is 12.5 Å². The van der Waals surface area contributed by atoms with Crippen LogP contribution < -0.4 is 10.2 Å². The number of piperazine rings is 1. The fourth-order valence-electron chi connectivity index (χ4n) is 4.01. The first-order valence-corrected chi connectivity index (χ1v) is 10.5. The minimum atomic E-state index is 0.169. The number of amides is 1. The molecule has 0 aliphatic carbocycles. The summed E-state index contributed by atoms with van der Waals surface area (Å²) in [7, 11) is 0. The Balaban J connectivity index is 1.30. The van der Waals surface area contributed by atoms with E-state index < -0.39 is 0 Å². The van der Waals surface area contributed by atoms with Gasteiger partial charge in [-0.25, -0.2) is 0 Å². The summed E-state index contributed by atoms with van der Waals surface area (Å²) in [6, 6.07) is 8.99. The molecule has 2 fully saturated rings. The van der Waals surface area contributed by atoms with Gasteiger partial charge in [-0.3, -0.25) is 9.69 Å². The quantitative estimate of drug-likeness (QED) is 0.761. The van der Waals surface area contributed by atoms with Gasteiger partial charge in [0.25, 0.3) is 0 Å². The van der Waals surface area contributed by atoms with Gasteiger partial charge in [0.2, 0.25) is 5.91 Å². The Morgan fingerprint density at radius 2 is 2.11 bits per heavy atom. The van der Waals surface area contributed by atoms with Crippen molar-refractivity contribution in [2.75, 3.05) is 44.2 Å². The molecule has 2 aliphatic heterocycles. The van der Waals surface area contributed by atoms with Crippen molar-refractivity contribution < 1.29 is 9.53 Å². The highest BCUT2D eigenvalue weighted by Crippen LogP contribution is 2.18. The van der Waals surface area contributed by atoms with E-state index in [9.17, 15) is 4.79 Å². The molecule has 0 spiro atoms. The van der Waals surface area contributed by atoms with Crippen molar-refractivity contribution in [1.82, 2.24) is 10.2 Å². The number of carbonyl (C=O) groups is 1. The van der Waals surface area contributed by atoms with E-state index >= 15 is 0 Å².